The van der Waals surface area contributed by atoms with Gasteiger partial charge in [0, 0.05) is 0 Å². The molecular weight excluding hydrogens is 396 g/mol. The van der Waals surface area contributed by atoms with Crippen LogP contribution in [0.3, 0.4) is 0 Å². The Morgan fingerprint density at radius 1 is 0.515 bits per heavy atom. The van der Waals surface area contributed by atoms with Crippen LogP contribution in [0.1, 0.15) is 163 Å². The molecule has 33 heavy (non-hydrogen) atoms. The van der Waals surface area contributed by atoms with Crippen molar-refractivity contribution in [2.24, 2.45) is 0 Å². The Morgan fingerprint density at radius 2 is 0.970 bits per heavy atom. The maximum Gasteiger partial charge on any atom is -0.0112 e. The van der Waals surface area contributed by atoms with Crippen molar-refractivity contribution in [1.29, 1.82) is 0 Å². The van der Waals surface area contributed by atoms with Gasteiger partial charge in [-0.15, -0.1) is 0 Å². The van der Waals surface area contributed by atoms with E-state index >= 15 is 0 Å². The minimum atomic E-state index is 0.542. The van der Waals surface area contributed by atoms with Gasteiger partial charge in [-0.3, -0.25) is 0 Å². The van der Waals surface area contributed by atoms with E-state index in [9.17, 15) is 0 Å². The molecule has 180 valence electrons. The first-order valence-corrected chi connectivity index (χ1v) is 14.2. The summed E-state index contributed by atoms with van der Waals surface area (Å²) in [7, 11) is 0. The highest BCUT2D eigenvalue weighted by atomic mass is 14.4. The van der Waals surface area contributed by atoms with E-state index in [4.69, 9.17) is 0 Å². The zero-order valence-corrected chi connectivity index (χ0v) is 22.3. The molecule has 0 nitrogen and oxygen atoms in total. The van der Waals surface area contributed by atoms with Crippen LogP contribution in [0.15, 0.2) is 30.3 Å². The van der Waals surface area contributed by atoms with Crippen LogP contribution in [0.25, 0.3) is 11.1 Å². The quantitative estimate of drug-likeness (QED) is 0.415. The molecule has 2 fully saturated rings. The highest BCUT2D eigenvalue weighted by molar-refractivity contribution is 5.78. The molecule has 0 N–H and O–H groups in total. The van der Waals surface area contributed by atoms with Gasteiger partial charge in [0.05, 0.1) is 0 Å². The fraction of sp³-hybridized carbons (Fsp3) is 0.636. The van der Waals surface area contributed by atoms with Crippen molar-refractivity contribution in [3.63, 3.8) is 0 Å². The molecular formula is C33H48. The van der Waals surface area contributed by atoms with E-state index in [1.807, 2.05) is 0 Å². The molecule has 0 heteroatoms. The van der Waals surface area contributed by atoms with E-state index in [-0.39, 0.29) is 0 Å². The number of hydrogen-bond acceptors (Lipinski definition) is 0. The maximum absolute atomic E-state index is 2.55. The van der Waals surface area contributed by atoms with Gasteiger partial charge in [-0.25, -0.2) is 0 Å². The minimum absolute atomic E-state index is 0.542. The summed E-state index contributed by atoms with van der Waals surface area (Å²) >= 11 is 0. The van der Waals surface area contributed by atoms with Crippen LogP contribution >= 0.6 is 0 Å². The normalized spacial score (nSPS) is 18.6. The molecule has 0 saturated heterocycles. The predicted octanol–water partition coefficient (Wildman–Crippen LogP) is 10.8. The van der Waals surface area contributed by atoms with Crippen molar-refractivity contribution in [3.05, 3.63) is 58.1 Å². The topological polar surface area (TPSA) is 0 Å². The molecule has 0 aromatic heterocycles. The second-order valence-electron chi connectivity index (χ2n) is 12.0. The van der Waals surface area contributed by atoms with Crippen LogP contribution in [0.5, 0.6) is 0 Å². The Kier molecular flexibility index (Phi) is 8.03. The van der Waals surface area contributed by atoms with Crippen LogP contribution in [0.2, 0.25) is 0 Å². The monoisotopic (exact) mass is 444 g/mol. The highest BCUT2D eigenvalue weighted by Crippen LogP contribution is 2.49. The van der Waals surface area contributed by atoms with Crippen molar-refractivity contribution in [2.45, 2.75) is 135 Å². The Hall–Kier alpha value is -1.56. The average molecular weight is 445 g/mol. The van der Waals surface area contributed by atoms with Gasteiger partial charge < -0.3 is 0 Å². The zero-order valence-electron chi connectivity index (χ0n) is 22.3. The molecule has 0 amide bonds. The summed E-state index contributed by atoms with van der Waals surface area (Å²) in [5.41, 5.74) is 11.5. The number of hydrogen-bond donors (Lipinski definition) is 0. The van der Waals surface area contributed by atoms with Crippen LogP contribution in [-0.2, 0) is 0 Å². The fourth-order valence-electron chi connectivity index (χ4n) is 6.91. The van der Waals surface area contributed by atoms with Crippen molar-refractivity contribution >= 4 is 0 Å². The summed E-state index contributed by atoms with van der Waals surface area (Å²) in [6.45, 7) is 14.4. The third kappa shape index (κ3) is 5.11. The lowest BCUT2D eigenvalue weighted by atomic mass is 9.69. The van der Waals surface area contributed by atoms with E-state index in [0.717, 1.165) is 11.8 Å². The molecule has 0 atom stereocenters. The smallest absolute Gasteiger partial charge is 0.0112 e. The molecule has 2 saturated carbocycles. The molecule has 0 heterocycles. The summed E-state index contributed by atoms with van der Waals surface area (Å²) in [6, 6.07) is 12.2. The summed E-state index contributed by atoms with van der Waals surface area (Å²) in [4.78, 5) is 0. The maximum atomic E-state index is 2.55. The SMILES string of the molecule is CC(C)c1cccc(C(C)C)c1-c1ccc(C(C)C)c(C2CCCCC2)c1C1CCCCC1. The van der Waals surface area contributed by atoms with Crippen molar-refractivity contribution < 1.29 is 0 Å². The first kappa shape index (κ1) is 24.6. The van der Waals surface area contributed by atoms with Crippen molar-refractivity contribution in [1.82, 2.24) is 0 Å². The Morgan fingerprint density at radius 3 is 1.42 bits per heavy atom. The molecule has 2 aromatic rings. The second kappa shape index (κ2) is 10.8. The third-order valence-electron chi connectivity index (χ3n) is 8.61. The lowest BCUT2D eigenvalue weighted by molar-refractivity contribution is 0.417. The predicted molar refractivity (Wildman–Crippen MR) is 146 cm³/mol. The molecule has 0 aliphatic heterocycles. The Bertz CT molecular complexity index is 891. The lowest BCUT2D eigenvalue weighted by Crippen LogP contribution is -2.17. The fourth-order valence-corrected chi connectivity index (χ4v) is 6.91. The minimum Gasteiger partial charge on any atom is -0.0617 e. The van der Waals surface area contributed by atoms with Gasteiger partial charge in [0.2, 0.25) is 0 Å². The lowest BCUT2D eigenvalue weighted by Gasteiger charge is -2.35. The summed E-state index contributed by atoms with van der Waals surface area (Å²) in [6.07, 6.45) is 14.0. The molecule has 2 aliphatic carbocycles. The summed E-state index contributed by atoms with van der Waals surface area (Å²) < 4.78 is 0. The standard InChI is InChI=1S/C33H48/c1-22(2)27-18-13-19-28(23(3)4)33(27)30-21-20-29(24(5)6)31(25-14-9-7-10-15-25)32(30)26-16-11-8-12-17-26/h13,18-26H,7-12,14-17H2,1-6H3. The van der Waals surface area contributed by atoms with Gasteiger partial charge in [0.25, 0.3) is 0 Å². The molecule has 0 unspecified atom stereocenters. The zero-order chi connectivity index (χ0) is 23.5. The van der Waals surface area contributed by atoms with Gasteiger partial charge in [-0.2, -0.15) is 0 Å². The molecule has 2 aromatic carbocycles. The van der Waals surface area contributed by atoms with E-state index in [0.29, 0.717) is 17.8 Å². The van der Waals surface area contributed by atoms with Crippen LogP contribution in [0, 0.1) is 0 Å². The van der Waals surface area contributed by atoms with Crippen LogP contribution in [-0.4, -0.2) is 0 Å². The molecule has 0 radical (unpaired) electrons. The van der Waals surface area contributed by atoms with E-state index in [1.54, 1.807) is 38.9 Å². The molecule has 0 spiro atoms. The van der Waals surface area contributed by atoms with E-state index in [2.05, 4.69) is 71.9 Å². The average Bonchev–Trinajstić information content (AvgIpc) is 2.83. The summed E-state index contributed by atoms with van der Waals surface area (Å²) in [5, 5.41) is 0. The van der Waals surface area contributed by atoms with E-state index in [1.165, 1.54) is 64.2 Å². The van der Waals surface area contributed by atoms with E-state index < -0.39 is 0 Å². The van der Waals surface area contributed by atoms with Gasteiger partial charge in [-0.1, -0.05) is 110 Å². The van der Waals surface area contributed by atoms with Gasteiger partial charge in [0.1, 0.15) is 0 Å². The van der Waals surface area contributed by atoms with Crippen molar-refractivity contribution in [2.75, 3.05) is 0 Å². The highest BCUT2D eigenvalue weighted by Gasteiger charge is 2.31. The number of rotatable bonds is 6. The first-order valence-electron chi connectivity index (χ1n) is 14.2. The molecule has 2 aliphatic rings. The number of benzene rings is 2. The van der Waals surface area contributed by atoms with Crippen molar-refractivity contribution in [3.8, 4) is 11.1 Å². The molecule has 0 bridgehead atoms. The largest absolute Gasteiger partial charge is 0.0617 e. The third-order valence-corrected chi connectivity index (χ3v) is 8.61. The van der Waals surface area contributed by atoms with Crippen LogP contribution in [0.4, 0.5) is 0 Å². The van der Waals surface area contributed by atoms with Crippen LogP contribution < -0.4 is 0 Å². The Labute approximate surface area is 204 Å². The van der Waals surface area contributed by atoms with Gasteiger partial charge in [0.15, 0.2) is 0 Å². The van der Waals surface area contributed by atoms with Gasteiger partial charge >= 0.3 is 0 Å². The molecule has 4 rings (SSSR count). The first-order chi connectivity index (χ1) is 15.9. The Balaban J connectivity index is 2.04. The summed E-state index contributed by atoms with van der Waals surface area (Å²) in [5.74, 6) is 3.19. The van der Waals surface area contributed by atoms with Gasteiger partial charge in [-0.05, 0) is 94.2 Å². The second-order valence-corrected chi connectivity index (χ2v) is 12.0.